The summed E-state index contributed by atoms with van der Waals surface area (Å²) in [7, 11) is 0. The van der Waals surface area contributed by atoms with E-state index in [1.165, 1.54) is 19.3 Å². The van der Waals surface area contributed by atoms with E-state index >= 15 is 0 Å². The van der Waals surface area contributed by atoms with Crippen molar-refractivity contribution in [1.29, 1.82) is 0 Å². The van der Waals surface area contributed by atoms with E-state index < -0.39 is 18.1 Å². The average molecular weight is 417 g/mol. The molecule has 0 aromatic heterocycles. The van der Waals surface area contributed by atoms with Gasteiger partial charge in [-0.25, -0.2) is 0 Å². The molecule has 122 valence electrons. The van der Waals surface area contributed by atoms with E-state index in [2.05, 4.69) is 33.4 Å². The fourth-order valence-corrected chi connectivity index (χ4v) is 3.23. The molecule has 5 N–H and O–H groups in total. The molecule has 0 spiro atoms. The van der Waals surface area contributed by atoms with Crippen molar-refractivity contribution in [3.8, 4) is 0 Å². The van der Waals surface area contributed by atoms with Crippen LogP contribution in [0.2, 0.25) is 0 Å². The summed E-state index contributed by atoms with van der Waals surface area (Å²) < 4.78 is 1.11. The predicted molar refractivity (Wildman–Crippen MR) is 96.1 cm³/mol. The zero-order valence-corrected chi connectivity index (χ0v) is 14.8. The monoisotopic (exact) mass is 417 g/mol. The van der Waals surface area contributed by atoms with Gasteiger partial charge in [-0.1, -0.05) is 32.1 Å². The standard InChI is InChI=1S/C16H24IN3O2/c17-12-6-8-13(9-7-12)19-20-16(22)15(21)14(18)10-11-4-2-1-3-5-11/h6-9,11,14-15,19,21H,1-5,10,18H2,(H,20,22)/t14-,15?/m1/s1. The van der Waals surface area contributed by atoms with Gasteiger partial charge in [0.15, 0.2) is 0 Å². The molecule has 0 saturated heterocycles. The number of aliphatic hydroxyl groups excluding tert-OH is 1. The lowest BCUT2D eigenvalue weighted by Gasteiger charge is -2.26. The van der Waals surface area contributed by atoms with Gasteiger partial charge in [0.2, 0.25) is 0 Å². The third kappa shape index (κ3) is 5.40. The molecule has 1 aromatic carbocycles. The Morgan fingerprint density at radius 1 is 1.27 bits per heavy atom. The summed E-state index contributed by atoms with van der Waals surface area (Å²) in [5.74, 6) is 0.0530. The maximum absolute atomic E-state index is 12.0. The van der Waals surface area contributed by atoms with Crippen molar-refractivity contribution < 1.29 is 9.90 Å². The van der Waals surface area contributed by atoms with Crippen LogP contribution in [-0.2, 0) is 4.79 Å². The van der Waals surface area contributed by atoms with Crippen LogP contribution in [0.1, 0.15) is 38.5 Å². The third-order valence-electron chi connectivity index (χ3n) is 4.18. The van der Waals surface area contributed by atoms with Crippen LogP contribution in [0.15, 0.2) is 24.3 Å². The lowest BCUT2D eigenvalue weighted by Crippen LogP contribution is -2.48. The lowest BCUT2D eigenvalue weighted by molar-refractivity contribution is -0.130. The van der Waals surface area contributed by atoms with Crippen LogP contribution in [-0.4, -0.2) is 23.2 Å². The van der Waals surface area contributed by atoms with Gasteiger partial charge in [0.25, 0.3) is 5.91 Å². The molecule has 2 atom stereocenters. The molecule has 0 radical (unpaired) electrons. The number of carbonyl (C=O) groups is 1. The first-order valence-corrected chi connectivity index (χ1v) is 8.89. The zero-order valence-electron chi connectivity index (χ0n) is 12.6. The minimum Gasteiger partial charge on any atom is -0.382 e. The Morgan fingerprint density at radius 3 is 2.55 bits per heavy atom. The number of amides is 1. The highest BCUT2D eigenvalue weighted by molar-refractivity contribution is 14.1. The number of hydrogen-bond donors (Lipinski definition) is 4. The first-order chi connectivity index (χ1) is 10.6. The zero-order chi connectivity index (χ0) is 15.9. The molecule has 0 bridgehead atoms. The van der Waals surface area contributed by atoms with Gasteiger partial charge < -0.3 is 10.8 Å². The molecule has 0 heterocycles. The molecule has 1 aliphatic rings. The first-order valence-electron chi connectivity index (χ1n) is 7.81. The van der Waals surface area contributed by atoms with Gasteiger partial charge >= 0.3 is 0 Å². The van der Waals surface area contributed by atoms with Crippen LogP contribution >= 0.6 is 22.6 Å². The number of rotatable bonds is 6. The Morgan fingerprint density at radius 2 is 1.91 bits per heavy atom. The van der Waals surface area contributed by atoms with Crippen LogP contribution in [0.25, 0.3) is 0 Å². The van der Waals surface area contributed by atoms with Crippen LogP contribution in [0.5, 0.6) is 0 Å². The van der Waals surface area contributed by atoms with Crippen molar-refractivity contribution in [2.24, 2.45) is 11.7 Å². The summed E-state index contributed by atoms with van der Waals surface area (Å²) in [5, 5.41) is 10.1. The Balaban J connectivity index is 1.76. The minimum atomic E-state index is -1.18. The lowest BCUT2D eigenvalue weighted by atomic mass is 9.84. The van der Waals surface area contributed by atoms with E-state index in [4.69, 9.17) is 5.73 Å². The van der Waals surface area contributed by atoms with Crippen LogP contribution in [0, 0.1) is 9.49 Å². The minimum absolute atomic E-state index is 0.484. The predicted octanol–water partition coefficient (Wildman–Crippen LogP) is 2.39. The quantitative estimate of drug-likeness (QED) is 0.423. The molecule has 1 unspecified atom stereocenters. The summed E-state index contributed by atoms with van der Waals surface area (Å²) >= 11 is 2.21. The molecule has 6 heteroatoms. The van der Waals surface area contributed by atoms with Crippen molar-refractivity contribution in [3.63, 3.8) is 0 Å². The Kier molecular flexibility index (Phi) is 6.91. The van der Waals surface area contributed by atoms with E-state index in [0.717, 1.165) is 22.1 Å². The van der Waals surface area contributed by atoms with Gasteiger partial charge in [-0.05, 0) is 59.2 Å². The molecular formula is C16H24IN3O2. The number of hydrogen-bond acceptors (Lipinski definition) is 4. The maximum Gasteiger partial charge on any atom is 0.268 e. The van der Waals surface area contributed by atoms with Gasteiger partial charge in [0, 0.05) is 9.61 Å². The van der Waals surface area contributed by atoms with E-state index in [0.29, 0.717) is 12.3 Å². The number of anilines is 1. The molecular weight excluding hydrogens is 393 g/mol. The average Bonchev–Trinajstić information content (AvgIpc) is 2.54. The Labute approximate surface area is 145 Å². The highest BCUT2D eigenvalue weighted by Crippen LogP contribution is 2.27. The normalized spacial score (nSPS) is 18.5. The second kappa shape index (κ2) is 8.69. The third-order valence-corrected chi connectivity index (χ3v) is 4.90. The summed E-state index contributed by atoms with van der Waals surface area (Å²) in [6.45, 7) is 0. The van der Waals surface area contributed by atoms with Crippen LogP contribution < -0.4 is 16.6 Å². The van der Waals surface area contributed by atoms with Gasteiger partial charge in [-0.3, -0.25) is 15.6 Å². The maximum atomic E-state index is 12.0. The second-order valence-corrected chi connectivity index (χ2v) is 7.22. The van der Waals surface area contributed by atoms with Crippen molar-refractivity contribution in [2.45, 2.75) is 50.7 Å². The largest absolute Gasteiger partial charge is 0.382 e. The number of nitrogens with two attached hydrogens (primary N) is 1. The first kappa shape index (κ1) is 17.5. The van der Waals surface area contributed by atoms with Crippen molar-refractivity contribution in [3.05, 3.63) is 27.8 Å². The smallest absolute Gasteiger partial charge is 0.268 e. The van der Waals surface area contributed by atoms with Gasteiger partial charge in [0.1, 0.15) is 6.10 Å². The molecule has 1 fully saturated rings. The molecule has 1 aliphatic carbocycles. The van der Waals surface area contributed by atoms with E-state index in [9.17, 15) is 9.90 Å². The van der Waals surface area contributed by atoms with Gasteiger partial charge in [-0.15, -0.1) is 0 Å². The Bertz CT molecular complexity index is 475. The van der Waals surface area contributed by atoms with Gasteiger partial charge in [0.05, 0.1) is 5.69 Å². The molecule has 5 nitrogen and oxygen atoms in total. The molecule has 2 rings (SSSR count). The molecule has 0 aliphatic heterocycles. The Hall–Kier alpha value is -0.860. The number of hydrazine groups is 1. The number of aliphatic hydroxyl groups is 1. The summed E-state index contributed by atoms with van der Waals surface area (Å²) in [5.41, 5.74) is 12.1. The second-order valence-electron chi connectivity index (χ2n) is 5.97. The topological polar surface area (TPSA) is 87.4 Å². The SMILES string of the molecule is N[C@H](CC1CCCCC1)C(O)C(=O)NNc1ccc(I)cc1. The van der Waals surface area contributed by atoms with Gasteiger partial charge in [-0.2, -0.15) is 0 Å². The highest BCUT2D eigenvalue weighted by Gasteiger charge is 2.26. The molecule has 1 amide bonds. The number of nitrogens with one attached hydrogen (secondary N) is 2. The summed E-state index contributed by atoms with van der Waals surface area (Å²) in [6, 6.07) is 7.06. The van der Waals surface area contributed by atoms with E-state index in [-0.39, 0.29) is 0 Å². The van der Waals surface area contributed by atoms with Crippen LogP contribution in [0.4, 0.5) is 5.69 Å². The fourth-order valence-electron chi connectivity index (χ4n) is 2.87. The number of halogens is 1. The molecule has 1 saturated carbocycles. The summed E-state index contributed by atoms with van der Waals surface area (Å²) in [6.07, 6.45) is 5.58. The van der Waals surface area contributed by atoms with E-state index in [1.54, 1.807) is 0 Å². The number of benzene rings is 1. The van der Waals surface area contributed by atoms with Crippen molar-refractivity contribution in [1.82, 2.24) is 5.43 Å². The molecule has 1 aromatic rings. The number of carbonyl (C=O) groups excluding carboxylic acids is 1. The fraction of sp³-hybridized carbons (Fsp3) is 0.562. The highest BCUT2D eigenvalue weighted by atomic mass is 127. The van der Waals surface area contributed by atoms with E-state index in [1.807, 2.05) is 24.3 Å². The summed E-state index contributed by atoms with van der Waals surface area (Å²) in [4.78, 5) is 12.0. The van der Waals surface area contributed by atoms with Crippen molar-refractivity contribution in [2.75, 3.05) is 5.43 Å². The van der Waals surface area contributed by atoms with Crippen molar-refractivity contribution >= 4 is 34.2 Å². The molecule has 22 heavy (non-hydrogen) atoms. The van der Waals surface area contributed by atoms with Crippen LogP contribution in [0.3, 0.4) is 0 Å².